The Morgan fingerprint density at radius 1 is 1.18 bits per heavy atom. The zero-order chi connectivity index (χ0) is 20.4. The number of nitrogens with zero attached hydrogens (tertiary/aromatic N) is 3. The Morgan fingerprint density at radius 3 is 2.46 bits per heavy atom. The molecule has 28 heavy (non-hydrogen) atoms. The molecule has 3 rings (SSSR count). The molecule has 2 N–H and O–H groups in total. The highest BCUT2D eigenvalue weighted by Gasteiger charge is 2.21. The number of para-hydroxylation sites is 1. The first-order valence-corrected chi connectivity index (χ1v) is 9.70. The molecule has 2 heterocycles. The molecule has 146 valence electrons. The molecule has 8 heteroatoms. The summed E-state index contributed by atoms with van der Waals surface area (Å²) in [6, 6.07) is 9.41. The van der Waals surface area contributed by atoms with Crippen LogP contribution in [0.2, 0.25) is 0 Å². The zero-order valence-corrected chi connectivity index (χ0v) is 17.0. The Kier molecular flexibility index (Phi) is 5.60. The highest BCUT2D eigenvalue weighted by atomic mass is 32.1. The number of rotatable bonds is 6. The van der Waals surface area contributed by atoms with Crippen LogP contribution in [0.3, 0.4) is 0 Å². The van der Waals surface area contributed by atoms with Gasteiger partial charge < -0.3 is 10.4 Å². The number of aromatic carboxylic acids is 1. The van der Waals surface area contributed by atoms with E-state index >= 15 is 0 Å². The van der Waals surface area contributed by atoms with Crippen molar-refractivity contribution < 1.29 is 14.7 Å². The molecule has 1 unspecified atom stereocenters. The maximum atomic E-state index is 12.6. The van der Waals surface area contributed by atoms with Gasteiger partial charge in [-0.2, -0.15) is 5.10 Å². The first-order chi connectivity index (χ1) is 13.3. The maximum Gasteiger partial charge on any atom is 0.347 e. The lowest BCUT2D eigenvalue weighted by molar-refractivity contribution is -0.121. The van der Waals surface area contributed by atoms with Gasteiger partial charge in [0.05, 0.1) is 29.5 Å². The van der Waals surface area contributed by atoms with Gasteiger partial charge in [-0.3, -0.25) is 4.79 Å². The minimum atomic E-state index is -1.00. The van der Waals surface area contributed by atoms with Crippen LogP contribution in [0.25, 0.3) is 5.69 Å². The van der Waals surface area contributed by atoms with E-state index in [-0.39, 0.29) is 23.2 Å². The van der Waals surface area contributed by atoms with E-state index in [0.29, 0.717) is 10.7 Å². The second-order valence-corrected chi connectivity index (χ2v) is 7.67. The van der Waals surface area contributed by atoms with Crippen molar-refractivity contribution in [2.45, 2.75) is 40.2 Å². The Balaban J connectivity index is 1.74. The van der Waals surface area contributed by atoms with Gasteiger partial charge in [0.1, 0.15) is 9.88 Å². The van der Waals surface area contributed by atoms with E-state index in [1.807, 2.05) is 48.9 Å². The largest absolute Gasteiger partial charge is 0.477 e. The fraction of sp³-hybridized carbons (Fsp3) is 0.300. The third-order valence-corrected chi connectivity index (χ3v) is 5.86. The first kappa shape index (κ1) is 19.8. The van der Waals surface area contributed by atoms with Gasteiger partial charge >= 0.3 is 5.97 Å². The summed E-state index contributed by atoms with van der Waals surface area (Å²) < 4.78 is 1.84. The lowest BCUT2D eigenvalue weighted by atomic mass is 10.1. The molecule has 0 saturated carbocycles. The van der Waals surface area contributed by atoms with Crippen molar-refractivity contribution in [1.82, 2.24) is 20.1 Å². The van der Waals surface area contributed by atoms with Crippen LogP contribution in [0.15, 0.2) is 30.3 Å². The second-order valence-electron chi connectivity index (χ2n) is 6.63. The van der Waals surface area contributed by atoms with Gasteiger partial charge in [0.15, 0.2) is 0 Å². The van der Waals surface area contributed by atoms with Crippen LogP contribution < -0.4 is 5.32 Å². The van der Waals surface area contributed by atoms with Crippen LogP contribution in [-0.2, 0) is 11.2 Å². The van der Waals surface area contributed by atoms with Crippen LogP contribution in [0.5, 0.6) is 0 Å². The standard InChI is InChI=1S/C20H22N4O3S/c1-11-16(14(4)24(23-11)15-8-6-5-7-9-15)10-17(25)21-13(3)19-22-12(2)18(28-19)20(26)27/h5-9,13H,10H2,1-4H3,(H,21,25)(H,26,27). The van der Waals surface area contributed by atoms with E-state index in [2.05, 4.69) is 15.4 Å². The molecule has 3 aromatic rings. The van der Waals surface area contributed by atoms with E-state index in [1.165, 1.54) is 0 Å². The third kappa shape index (κ3) is 3.96. The summed E-state index contributed by atoms with van der Waals surface area (Å²) in [7, 11) is 0. The molecule has 0 radical (unpaired) electrons. The van der Waals surface area contributed by atoms with Gasteiger partial charge in [0, 0.05) is 11.3 Å². The molecule has 0 aliphatic rings. The third-order valence-electron chi connectivity index (χ3n) is 4.53. The SMILES string of the molecule is Cc1nc(C(C)NC(=O)Cc2c(C)nn(-c3ccccc3)c2C)sc1C(=O)O. The molecule has 0 saturated heterocycles. The van der Waals surface area contributed by atoms with E-state index in [0.717, 1.165) is 34.0 Å². The summed E-state index contributed by atoms with van der Waals surface area (Å²) in [5.41, 5.74) is 4.02. The van der Waals surface area contributed by atoms with E-state index in [1.54, 1.807) is 13.8 Å². The molecule has 0 spiro atoms. The molecule has 7 nitrogen and oxygen atoms in total. The first-order valence-electron chi connectivity index (χ1n) is 8.88. The van der Waals surface area contributed by atoms with Crippen LogP contribution in [0.1, 0.15) is 50.3 Å². The molecule has 1 aromatic carbocycles. The molecule has 0 aliphatic carbocycles. The number of aromatic nitrogens is 3. The summed E-state index contributed by atoms with van der Waals surface area (Å²) in [5, 5.41) is 17.2. The highest BCUT2D eigenvalue weighted by molar-refractivity contribution is 7.13. The average molecular weight is 398 g/mol. The van der Waals surface area contributed by atoms with Gasteiger partial charge in [-0.05, 0) is 39.8 Å². The predicted molar refractivity (Wildman–Crippen MR) is 107 cm³/mol. The summed E-state index contributed by atoms with van der Waals surface area (Å²) in [5.74, 6) is -1.16. The van der Waals surface area contributed by atoms with E-state index in [9.17, 15) is 9.59 Å². The Morgan fingerprint density at radius 2 is 1.86 bits per heavy atom. The molecule has 0 fully saturated rings. The molecule has 1 amide bonds. The zero-order valence-electron chi connectivity index (χ0n) is 16.2. The Hall–Kier alpha value is -3.00. The Bertz CT molecular complexity index is 1020. The second kappa shape index (κ2) is 7.93. The van der Waals surface area contributed by atoms with Gasteiger partial charge in [-0.25, -0.2) is 14.5 Å². The average Bonchev–Trinajstić information content (AvgIpc) is 3.17. The van der Waals surface area contributed by atoms with Gasteiger partial charge in [0.25, 0.3) is 0 Å². The van der Waals surface area contributed by atoms with Crippen LogP contribution in [-0.4, -0.2) is 31.7 Å². The van der Waals surface area contributed by atoms with Gasteiger partial charge in [0.2, 0.25) is 5.91 Å². The normalized spacial score (nSPS) is 12.0. The number of hydrogen-bond donors (Lipinski definition) is 2. The number of thiazole rings is 1. The number of carbonyl (C=O) groups excluding carboxylic acids is 1. The fourth-order valence-electron chi connectivity index (χ4n) is 3.07. The minimum Gasteiger partial charge on any atom is -0.477 e. The number of nitrogens with one attached hydrogen (secondary N) is 1. The van der Waals surface area contributed by atoms with Gasteiger partial charge in [-0.15, -0.1) is 11.3 Å². The number of carboxylic acids is 1. The van der Waals surface area contributed by atoms with Crippen molar-refractivity contribution >= 4 is 23.2 Å². The van der Waals surface area contributed by atoms with Crippen molar-refractivity contribution in [1.29, 1.82) is 0 Å². The van der Waals surface area contributed by atoms with Crippen LogP contribution in [0.4, 0.5) is 0 Å². The number of carboxylic acid groups (broad SMARTS) is 1. The van der Waals surface area contributed by atoms with Crippen LogP contribution in [0, 0.1) is 20.8 Å². The quantitative estimate of drug-likeness (QED) is 0.663. The number of hydrogen-bond acceptors (Lipinski definition) is 5. The van der Waals surface area contributed by atoms with E-state index < -0.39 is 5.97 Å². The van der Waals surface area contributed by atoms with E-state index in [4.69, 9.17) is 5.11 Å². The summed E-state index contributed by atoms with van der Waals surface area (Å²) >= 11 is 1.09. The van der Waals surface area contributed by atoms with Gasteiger partial charge in [-0.1, -0.05) is 18.2 Å². The minimum absolute atomic E-state index is 0.156. The molecule has 0 bridgehead atoms. The highest BCUT2D eigenvalue weighted by Crippen LogP contribution is 2.24. The predicted octanol–water partition coefficient (Wildman–Crippen LogP) is 3.37. The summed E-state index contributed by atoms with van der Waals surface area (Å²) in [4.78, 5) is 28.3. The number of aryl methyl sites for hydroxylation is 2. The number of benzene rings is 1. The topological polar surface area (TPSA) is 97.1 Å². The van der Waals surface area contributed by atoms with Crippen molar-refractivity contribution in [3.05, 3.63) is 62.9 Å². The molecular formula is C20H22N4O3S. The fourth-order valence-corrected chi connectivity index (χ4v) is 3.98. The Labute approximate surface area is 167 Å². The van der Waals surface area contributed by atoms with Crippen molar-refractivity contribution in [3.63, 3.8) is 0 Å². The lowest BCUT2D eigenvalue weighted by Crippen LogP contribution is -2.28. The molecule has 1 atom stereocenters. The van der Waals surface area contributed by atoms with Crippen molar-refractivity contribution in [2.75, 3.05) is 0 Å². The summed E-state index contributed by atoms with van der Waals surface area (Å²) in [6.45, 7) is 7.29. The number of amides is 1. The van der Waals surface area contributed by atoms with Crippen LogP contribution >= 0.6 is 11.3 Å². The molecule has 2 aromatic heterocycles. The van der Waals surface area contributed by atoms with Crippen molar-refractivity contribution in [2.24, 2.45) is 0 Å². The summed E-state index contributed by atoms with van der Waals surface area (Å²) in [6.07, 6.45) is 0.199. The maximum absolute atomic E-state index is 12.6. The lowest BCUT2D eigenvalue weighted by Gasteiger charge is -2.11. The monoisotopic (exact) mass is 398 g/mol. The van der Waals surface area contributed by atoms with Crippen molar-refractivity contribution in [3.8, 4) is 5.69 Å². The smallest absolute Gasteiger partial charge is 0.347 e. The molecular weight excluding hydrogens is 376 g/mol. The molecule has 0 aliphatic heterocycles. The number of carbonyl (C=O) groups is 2.